The molecule has 1 unspecified atom stereocenters. The Morgan fingerprint density at radius 3 is 2.41 bits per heavy atom. The van der Waals surface area contributed by atoms with Gasteiger partial charge in [-0.05, 0) is 42.7 Å². The van der Waals surface area contributed by atoms with Crippen LogP contribution in [0, 0.1) is 11.6 Å². The summed E-state index contributed by atoms with van der Waals surface area (Å²) in [7, 11) is 0. The second-order valence-corrected chi connectivity index (χ2v) is 7.91. The van der Waals surface area contributed by atoms with Gasteiger partial charge >= 0.3 is 0 Å². The minimum absolute atomic E-state index is 0.00724. The van der Waals surface area contributed by atoms with Crippen LogP contribution in [-0.4, -0.2) is 43.8 Å². The number of amides is 1. The average Bonchev–Trinajstić information content (AvgIpc) is 2.76. The average molecular weight is 441 g/mol. The Kier molecular flexibility index (Phi) is 7.19. The number of hydrogen-bond donors (Lipinski definition) is 2. The molecule has 1 amide bonds. The smallest absolute Gasteiger partial charge is 0.289 e. The minimum Gasteiger partial charge on any atom is -0.392 e. The van der Waals surface area contributed by atoms with Gasteiger partial charge in [0.1, 0.15) is 11.6 Å². The lowest BCUT2D eigenvalue weighted by Gasteiger charge is -2.18. The number of carbonyl (C=O) groups is 1. The lowest BCUT2D eigenvalue weighted by molar-refractivity contribution is 0.0913. The van der Waals surface area contributed by atoms with E-state index in [1.165, 1.54) is 24.4 Å². The van der Waals surface area contributed by atoms with E-state index >= 15 is 0 Å². The Hall–Kier alpha value is -3.33. The highest BCUT2D eigenvalue weighted by atomic mass is 19.1. The van der Waals surface area contributed by atoms with Crippen LogP contribution in [0.3, 0.4) is 0 Å². The molecular weight excluding hydrogens is 416 g/mol. The summed E-state index contributed by atoms with van der Waals surface area (Å²) in [6.07, 6.45) is 0.782. The van der Waals surface area contributed by atoms with Crippen LogP contribution in [0.4, 0.5) is 8.78 Å². The van der Waals surface area contributed by atoms with E-state index < -0.39 is 23.6 Å². The van der Waals surface area contributed by atoms with Gasteiger partial charge in [-0.15, -0.1) is 0 Å². The van der Waals surface area contributed by atoms with E-state index in [4.69, 9.17) is 0 Å². The van der Waals surface area contributed by atoms with E-state index in [1.807, 2.05) is 20.8 Å². The number of benzene rings is 1. The Balaban J connectivity index is 1.97. The zero-order valence-electron chi connectivity index (χ0n) is 18.3. The van der Waals surface area contributed by atoms with E-state index in [1.54, 1.807) is 19.1 Å². The van der Waals surface area contributed by atoms with Crippen LogP contribution in [0.5, 0.6) is 0 Å². The Morgan fingerprint density at radius 1 is 1.09 bits per heavy atom. The van der Waals surface area contributed by atoms with Crippen molar-refractivity contribution in [1.29, 1.82) is 0 Å². The van der Waals surface area contributed by atoms with E-state index in [2.05, 4.69) is 25.5 Å². The molecule has 0 radical (unpaired) electrons. The largest absolute Gasteiger partial charge is 0.392 e. The van der Waals surface area contributed by atoms with Gasteiger partial charge in [0.2, 0.25) is 5.82 Å². The molecule has 7 nitrogen and oxygen atoms in total. The first-order valence-electron chi connectivity index (χ1n) is 10.3. The maximum Gasteiger partial charge on any atom is 0.289 e. The zero-order chi connectivity index (χ0) is 23.4. The third-order valence-electron chi connectivity index (χ3n) is 4.99. The summed E-state index contributed by atoms with van der Waals surface area (Å²) < 4.78 is 28.5. The molecule has 3 aromatic rings. The first-order chi connectivity index (χ1) is 15.2. The quantitative estimate of drug-likeness (QED) is 0.581. The fourth-order valence-corrected chi connectivity index (χ4v) is 3.26. The topological polar surface area (TPSA) is 101 Å². The maximum atomic E-state index is 14.2. The van der Waals surface area contributed by atoms with Crippen molar-refractivity contribution in [3.63, 3.8) is 0 Å². The summed E-state index contributed by atoms with van der Waals surface area (Å²) in [5.74, 6) is -2.31. The van der Waals surface area contributed by atoms with Gasteiger partial charge in [0.25, 0.3) is 5.91 Å². The van der Waals surface area contributed by atoms with Gasteiger partial charge in [-0.25, -0.2) is 18.7 Å². The molecule has 2 atom stereocenters. The first-order valence-corrected chi connectivity index (χ1v) is 10.3. The van der Waals surface area contributed by atoms with Crippen molar-refractivity contribution >= 4 is 5.91 Å². The number of hydrogen-bond acceptors (Lipinski definition) is 6. The molecule has 0 aliphatic carbocycles. The predicted molar refractivity (Wildman–Crippen MR) is 115 cm³/mol. The van der Waals surface area contributed by atoms with Gasteiger partial charge in [-0.1, -0.05) is 26.8 Å². The lowest BCUT2D eigenvalue weighted by atomic mass is 9.92. The second-order valence-electron chi connectivity index (χ2n) is 7.91. The molecule has 168 valence electrons. The van der Waals surface area contributed by atoms with Crippen LogP contribution < -0.4 is 5.32 Å². The third-order valence-corrected chi connectivity index (χ3v) is 4.99. The Labute approximate surface area is 185 Å². The molecular formula is C23H25F2N5O2. The monoisotopic (exact) mass is 441 g/mol. The standard InChI is InChI=1S/C23H25F2N5O2/c1-12(2)15-10-19(20-16(24)6-5-7-17(20)25)29-30-21(15)14(4)18-8-9-26-22(28-18)23(32)27-11-13(3)31/h5-10,12-14,31H,11H2,1-4H3,(H,27,32)/t13-,14?/m1/s1. The van der Waals surface area contributed by atoms with Crippen molar-refractivity contribution in [2.45, 2.75) is 45.6 Å². The van der Waals surface area contributed by atoms with Crippen molar-refractivity contribution < 1.29 is 18.7 Å². The number of rotatable bonds is 7. The number of carbonyl (C=O) groups excluding carboxylic acids is 1. The number of nitrogens with one attached hydrogen (secondary N) is 1. The van der Waals surface area contributed by atoms with Crippen LogP contribution in [0.25, 0.3) is 11.3 Å². The van der Waals surface area contributed by atoms with E-state index in [0.29, 0.717) is 11.4 Å². The van der Waals surface area contributed by atoms with Gasteiger partial charge in [-0.3, -0.25) is 4.79 Å². The summed E-state index contributed by atoms with van der Waals surface area (Å²) in [4.78, 5) is 20.6. The third kappa shape index (κ3) is 5.11. The highest BCUT2D eigenvalue weighted by Gasteiger charge is 2.23. The van der Waals surface area contributed by atoms with Crippen molar-refractivity contribution in [3.8, 4) is 11.3 Å². The number of aliphatic hydroxyl groups is 1. The fourth-order valence-electron chi connectivity index (χ4n) is 3.26. The summed E-state index contributed by atoms with van der Waals surface area (Å²) >= 11 is 0. The summed E-state index contributed by atoms with van der Waals surface area (Å²) in [6.45, 7) is 7.40. The highest BCUT2D eigenvalue weighted by molar-refractivity contribution is 5.90. The molecule has 0 saturated carbocycles. The molecule has 0 aliphatic heterocycles. The molecule has 0 saturated heterocycles. The molecule has 1 aromatic carbocycles. The molecule has 2 N–H and O–H groups in total. The van der Waals surface area contributed by atoms with Gasteiger partial charge in [-0.2, -0.15) is 10.2 Å². The number of aromatic nitrogens is 4. The van der Waals surface area contributed by atoms with Crippen LogP contribution in [0.1, 0.15) is 67.1 Å². The van der Waals surface area contributed by atoms with Crippen LogP contribution >= 0.6 is 0 Å². The van der Waals surface area contributed by atoms with Crippen molar-refractivity contribution in [2.24, 2.45) is 0 Å². The van der Waals surface area contributed by atoms with Gasteiger partial charge in [0.05, 0.1) is 28.7 Å². The highest BCUT2D eigenvalue weighted by Crippen LogP contribution is 2.32. The minimum atomic E-state index is -0.710. The van der Waals surface area contributed by atoms with E-state index in [-0.39, 0.29) is 35.5 Å². The van der Waals surface area contributed by atoms with E-state index in [9.17, 15) is 18.7 Å². The SMILES string of the molecule is CC(C)c1cc(-c2c(F)cccc2F)nnc1C(C)c1ccnc(C(=O)NC[C@@H](C)O)n1. The Morgan fingerprint density at radius 2 is 1.78 bits per heavy atom. The molecule has 2 aromatic heterocycles. The second kappa shape index (κ2) is 9.86. The van der Waals surface area contributed by atoms with Crippen LogP contribution in [-0.2, 0) is 0 Å². The number of aliphatic hydroxyl groups excluding tert-OH is 1. The molecule has 0 aliphatic rings. The molecule has 0 bridgehead atoms. The lowest BCUT2D eigenvalue weighted by Crippen LogP contribution is -2.32. The van der Waals surface area contributed by atoms with Crippen molar-refractivity contribution in [3.05, 3.63) is 70.9 Å². The van der Waals surface area contributed by atoms with Gasteiger partial charge in [0.15, 0.2) is 0 Å². The molecule has 32 heavy (non-hydrogen) atoms. The van der Waals surface area contributed by atoms with Crippen LogP contribution in [0.2, 0.25) is 0 Å². The molecule has 3 rings (SSSR count). The first kappa shape index (κ1) is 23.3. The van der Waals surface area contributed by atoms with Crippen molar-refractivity contribution in [1.82, 2.24) is 25.5 Å². The molecule has 9 heteroatoms. The molecule has 0 fully saturated rings. The van der Waals surface area contributed by atoms with Crippen LogP contribution in [0.15, 0.2) is 36.5 Å². The zero-order valence-corrected chi connectivity index (χ0v) is 18.3. The maximum absolute atomic E-state index is 14.2. The van der Waals surface area contributed by atoms with Gasteiger partial charge < -0.3 is 10.4 Å². The summed E-state index contributed by atoms with van der Waals surface area (Å²) in [6, 6.07) is 6.97. The number of halogens is 2. The predicted octanol–water partition coefficient (Wildman–Crippen LogP) is 3.60. The summed E-state index contributed by atoms with van der Waals surface area (Å²) in [5.41, 5.74) is 1.79. The normalized spacial score (nSPS) is 13.1. The molecule has 2 heterocycles. The van der Waals surface area contributed by atoms with Crippen molar-refractivity contribution in [2.75, 3.05) is 6.54 Å². The summed E-state index contributed by atoms with van der Waals surface area (Å²) in [5, 5.41) is 20.3. The van der Waals surface area contributed by atoms with E-state index in [0.717, 1.165) is 5.56 Å². The fraction of sp³-hybridized carbons (Fsp3) is 0.348. The van der Waals surface area contributed by atoms with Gasteiger partial charge in [0, 0.05) is 18.7 Å². The molecule has 0 spiro atoms. The number of nitrogens with zero attached hydrogens (tertiary/aromatic N) is 4. The Bertz CT molecular complexity index is 1100.